The summed E-state index contributed by atoms with van der Waals surface area (Å²) in [5.74, 6) is 0.212. The molecule has 6 heteroatoms. The lowest BCUT2D eigenvalue weighted by Crippen LogP contribution is -2.03. The molecule has 0 fully saturated rings. The van der Waals surface area contributed by atoms with Crippen molar-refractivity contribution in [3.63, 3.8) is 0 Å². The topological polar surface area (TPSA) is 121 Å². The van der Waals surface area contributed by atoms with Crippen LogP contribution in [-0.4, -0.2) is 57.1 Å². The zero-order valence-corrected chi connectivity index (χ0v) is 15.4. The lowest BCUT2D eigenvalue weighted by atomic mass is 9.93. The van der Waals surface area contributed by atoms with Gasteiger partial charge in [-0.25, -0.2) is 0 Å². The molecule has 0 bridgehead atoms. The molecule has 0 spiro atoms. The molecular weight excluding hydrogens is 348 g/mol. The van der Waals surface area contributed by atoms with Gasteiger partial charge < -0.3 is 30.6 Å². The average molecular weight is 376 g/mol. The van der Waals surface area contributed by atoms with Crippen LogP contribution < -0.4 is 0 Å². The molecule has 0 aliphatic heterocycles. The SMILES string of the molecule is OCCc1cc(Cc2cc(CCO)c(O)c(CCO)c2)cc(CCO)c1O. The van der Waals surface area contributed by atoms with Gasteiger partial charge in [-0.15, -0.1) is 0 Å². The highest BCUT2D eigenvalue weighted by atomic mass is 16.3. The number of phenolic OH excluding ortho intramolecular Hbond substituents is 2. The Morgan fingerprint density at radius 2 is 0.741 bits per heavy atom. The summed E-state index contributed by atoms with van der Waals surface area (Å²) < 4.78 is 0. The molecule has 0 amide bonds. The van der Waals surface area contributed by atoms with Crippen molar-refractivity contribution in [2.24, 2.45) is 0 Å². The van der Waals surface area contributed by atoms with E-state index >= 15 is 0 Å². The number of aliphatic hydroxyl groups is 4. The van der Waals surface area contributed by atoms with E-state index < -0.39 is 0 Å². The number of phenols is 2. The first-order valence-electron chi connectivity index (χ1n) is 9.14. The summed E-state index contributed by atoms with van der Waals surface area (Å²) in [6.07, 6.45) is 1.80. The second kappa shape index (κ2) is 10.3. The fraction of sp³-hybridized carbons (Fsp3) is 0.429. The number of aromatic hydroxyl groups is 2. The van der Waals surface area contributed by atoms with E-state index in [-0.39, 0.29) is 37.9 Å². The summed E-state index contributed by atoms with van der Waals surface area (Å²) in [6.45, 7) is -0.349. The predicted octanol–water partition coefficient (Wildman–Crippen LogP) is 0.828. The highest BCUT2D eigenvalue weighted by molar-refractivity contribution is 5.48. The van der Waals surface area contributed by atoms with Crippen molar-refractivity contribution in [3.05, 3.63) is 57.6 Å². The Bertz CT molecular complexity index is 639. The molecule has 2 aromatic rings. The Hall–Kier alpha value is -2.12. The average Bonchev–Trinajstić information content (AvgIpc) is 2.63. The van der Waals surface area contributed by atoms with Crippen molar-refractivity contribution in [2.45, 2.75) is 32.1 Å². The fourth-order valence-corrected chi connectivity index (χ4v) is 3.35. The van der Waals surface area contributed by atoms with Crippen LogP contribution in [0, 0.1) is 0 Å². The molecular formula is C21H28O6. The van der Waals surface area contributed by atoms with Crippen LogP contribution in [0.5, 0.6) is 11.5 Å². The molecule has 6 nitrogen and oxygen atoms in total. The van der Waals surface area contributed by atoms with Crippen molar-refractivity contribution >= 4 is 0 Å². The second-order valence-corrected chi connectivity index (χ2v) is 6.60. The minimum Gasteiger partial charge on any atom is -0.507 e. The molecule has 0 saturated heterocycles. The molecule has 27 heavy (non-hydrogen) atoms. The summed E-state index contributed by atoms with van der Waals surface area (Å²) in [6, 6.07) is 7.32. The van der Waals surface area contributed by atoms with Gasteiger partial charge in [0.2, 0.25) is 0 Å². The zero-order chi connectivity index (χ0) is 19.8. The van der Waals surface area contributed by atoms with Crippen LogP contribution >= 0.6 is 0 Å². The van der Waals surface area contributed by atoms with Crippen molar-refractivity contribution in [1.29, 1.82) is 0 Å². The molecule has 0 aliphatic rings. The first-order valence-corrected chi connectivity index (χ1v) is 9.14. The lowest BCUT2D eigenvalue weighted by Gasteiger charge is -2.15. The van der Waals surface area contributed by atoms with Crippen molar-refractivity contribution < 1.29 is 30.6 Å². The maximum atomic E-state index is 10.3. The third-order valence-electron chi connectivity index (χ3n) is 4.59. The zero-order valence-electron chi connectivity index (χ0n) is 15.4. The lowest BCUT2D eigenvalue weighted by molar-refractivity contribution is 0.293. The maximum Gasteiger partial charge on any atom is 0.122 e. The Labute approximate surface area is 159 Å². The Balaban J connectivity index is 2.42. The second-order valence-electron chi connectivity index (χ2n) is 6.60. The monoisotopic (exact) mass is 376 g/mol. The van der Waals surface area contributed by atoms with Gasteiger partial charge in [-0.05, 0) is 65.5 Å². The van der Waals surface area contributed by atoms with E-state index in [9.17, 15) is 30.6 Å². The van der Waals surface area contributed by atoms with Gasteiger partial charge >= 0.3 is 0 Å². The smallest absolute Gasteiger partial charge is 0.122 e. The third kappa shape index (κ3) is 5.43. The maximum absolute atomic E-state index is 10.3. The third-order valence-corrected chi connectivity index (χ3v) is 4.59. The summed E-state index contributed by atoms with van der Waals surface area (Å²) >= 11 is 0. The van der Waals surface area contributed by atoms with Crippen LogP contribution in [0.1, 0.15) is 33.4 Å². The van der Waals surface area contributed by atoms with E-state index in [0.29, 0.717) is 54.4 Å². The first kappa shape index (κ1) is 21.2. The van der Waals surface area contributed by atoms with Gasteiger partial charge in [0.05, 0.1) is 0 Å². The number of benzene rings is 2. The van der Waals surface area contributed by atoms with E-state index in [0.717, 1.165) is 11.1 Å². The molecule has 2 aromatic carbocycles. The van der Waals surface area contributed by atoms with E-state index in [1.807, 2.05) is 24.3 Å². The summed E-state index contributed by atoms with van der Waals surface area (Å²) in [5.41, 5.74) is 4.34. The van der Waals surface area contributed by atoms with Gasteiger partial charge in [-0.3, -0.25) is 0 Å². The highest BCUT2D eigenvalue weighted by Gasteiger charge is 2.13. The van der Waals surface area contributed by atoms with Crippen molar-refractivity contribution in [2.75, 3.05) is 26.4 Å². The molecule has 2 rings (SSSR count). The number of aliphatic hydroxyl groups excluding tert-OH is 4. The molecule has 0 aliphatic carbocycles. The Kier molecular flexibility index (Phi) is 8.06. The molecule has 0 radical (unpaired) electrons. The quantitative estimate of drug-likeness (QED) is 0.365. The minimum atomic E-state index is -0.0872. The molecule has 0 aromatic heterocycles. The van der Waals surface area contributed by atoms with E-state index in [1.165, 1.54) is 0 Å². The van der Waals surface area contributed by atoms with Crippen LogP contribution in [-0.2, 0) is 32.1 Å². The van der Waals surface area contributed by atoms with E-state index in [2.05, 4.69) is 0 Å². The van der Waals surface area contributed by atoms with Crippen LogP contribution in [0.25, 0.3) is 0 Å². The van der Waals surface area contributed by atoms with E-state index in [4.69, 9.17) is 0 Å². The predicted molar refractivity (Wildman–Crippen MR) is 102 cm³/mol. The standard InChI is InChI=1S/C21H28O6/c22-5-1-16-10-14(11-17(2-6-23)20(16)26)9-15-12-18(3-7-24)21(27)19(13-15)4-8-25/h10-13,22-27H,1-9H2. The van der Waals surface area contributed by atoms with Crippen LogP contribution in [0.3, 0.4) is 0 Å². The number of hydrogen-bond acceptors (Lipinski definition) is 6. The molecule has 6 N–H and O–H groups in total. The van der Waals surface area contributed by atoms with Crippen molar-refractivity contribution in [1.82, 2.24) is 0 Å². The van der Waals surface area contributed by atoms with Gasteiger partial charge in [0.1, 0.15) is 11.5 Å². The normalized spacial score (nSPS) is 11.1. The van der Waals surface area contributed by atoms with Gasteiger partial charge in [-0.1, -0.05) is 24.3 Å². The molecule has 0 atom stereocenters. The van der Waals surface area contributed by atoms with Gasteiger partial charge in [0, 0.05) is 26.4 Å². The van der Waals surface area contributed by atoms with Gasteiger partial charge in [0.25, 0.3) is 0 Å². The Morgan fingerprint density at radius 1 is 0.481 bits per heavy atom. The van der Waals surface area contributed by atoms with Crippen LogP contribution in [0.4, 0.5) is 0 Å². The summed E-state index contributed by atoms with van der Waals surface area (Å²) in [7, 11) is 0. The summed E-state index contributed by atoms with van der Waals surface area (Å²) in [5, 5.41) is 57.5. The minimum absolute atomic E-state index is 0.0872. The highest BCUT2D eigenvalue weighted by Crippen LogP contribution is 2.30. The van der Waals surface area contributed by atoms with E-state index in [1.54, 1.807) is 0 Å². The summed E-state index contributed by atoms with van der Waals surface area (Å²) in [4.78, 5) is 0. The first-order chi connectivity index (χ1) is 13.0. The van der Waals surface area contributed by atoms with Gasteiger partial charge in [-0.2, -0.15) is 0 Å². The van der Waals surface area contributed by atoms with Crippen molar-refractivity contribution in [3.8, 4) is 11.5 Å². The van der Waals surface area contributed by atoms with Gasteiger partial charge in [0.15, 0.2) is 0 Å². The Morgan fingerprint density at radius 3 is 0.963 bits per heavy atom. The number of hydrogen-bond donors (Lipinski definition) is 6. The van der Waals surface area contributed by atoms with Crippen LogP contribution in [0.2, 0.25) is 0 Å². The largest absolute Gasteiger partial charge is 0.507 e. The molecule has 0 unspecified atom stereocenters. The molecule has 148 valence electrons. The molecule has 0 heterocycles. The number of rotatable bonds is 10. The molecule has 0 saturated carbocycles. The van der Waals surface area contributed by atoms with Crippen LogP contribution in [0.15, 0.2) is 24.3 Å². The fourth-order valence-electron chi connectivity index (χ4n) is 3.35.